The molecule has 0 fully saturated rings. The molecule has 0 unspecified atom stereocenters. The lowest BCUT2D eigenvalue weighted by molar-refractivity contribution is 0.339. The normalized spacial score (nSPS) is 19.5. The van der Waals surface area contributed by atoms with Gasteiger partial charge >= 0.3 is 0 Å². The maximum absolute atomic E-state index is 6.00. The number of hydrogen-bond acceptors (Lipinski definition) is 2. The van der Waals surface area contributed by atoms with E-state index in [9.17, 15) is 0 Å². The summed E-state index contributed by atoms with van der Waals surface area (Å²) in [5, 5.41) is 0. The van der Waals surface area contributed by atoms with Crippen molar-refractivity contribution >= 4 is 15.9 Å². The average molecular weight is 256 g/mol. The Morgan fingerprint density at radius 3 is 3.07 bits per heavy atom. The molecule has 0 spiro atoms. The lowest BCUT2D eigenvalue weighted by Gasteiger charge is -2.10. The summed E-state index contributed by atoms with van der Waals surface area (Å²) in [4.78, 5) is 0. The summed E-state index contributed by atoms with van der Waals surface area (Å²) >= 11 is 3.56. The van der Waals surface area contributed by atoms with Gasteiger partial charge in [-0.2, -0.15) is 0 Å². The number of rotatable bonds is 2. The van der Waals surface area contributed by atoms with Gasteiger partial charge in [-0.25, -0.2) is 0 Å². The lowest BCUT2D eigenvalue weighted by Crippen LogP contribution is -2.05. The molecule has 0 heterocycles. The lowest BCUT2D eigenvalue weighted by atomic mass is 10.1. The fraction of sp³-hybridized carbons (Fsp3) is 0.455. The second-order valence-corrected chi connectivity index (χ2v) is 4.41. The summed E-state index contributed by atoms with van der Waals surface area (Å²) in [6.45, 7) is 2.68. The number of hydrogen-bond donors (Lipinski definition) is 1. The second kappa shape index (κ2) is 3.91. The number of halogens is 1. The monoisotopic (exact) mass is 255 g/mol. The zero-order valence-corrected chi connectivity index (χ0v) is 9.80. The molecule has 2 rings (SSSR count). The topological polar surface area (TPSA) is 35.2 Å². The predicted molar refractivity (Wildman–Crippen MR) is 60.6 cm³/mol. The van der Waals surface area contributed by atoms with Gasteiger partial charge in [-0.05, 0) is 43.0 Å². The highest BCUT2D eigenvalue weighted by Gasteiger charge is 2.22. The average Bonchev–Trinajstić information content (AvgIpc) is 2.49. The van der Waals surface area contributed by atoms with E-state index in [0.29, 0.717) is 6.61 Å². The van der Waals surface area contributed by atoms with Gasteiger partial charge < -0.3 is 10.5 Å². The Hall–Kier alpha value is -0.540. The first-order chi connectivity index (χ1) is 6.72. The maximum atomic E-state index is 6.00. The van der Waals surface area contributed by atoms with Crippen LogP contribution < -0.4 is 10.5 Å². The molecule has 0 saturated heterocycles. The van der Waals surface area contributed by atoms with Crippen molar-refractivity contribution in [2.45, 2.75) is 25.8 Å². The Morgan fingerprint density at radius 1 is 1.57 bits per heavy atom. The van der Waals surface area contributed by atoms with E-state index in [0.717, 1.165) is 23.1 Å². The van der Waals surface area contributed by atoms with Crippen LogP contribution in [0.15, 0.2) is 16.6 Å². The third-order valence-electron chi connectivity index (χ3n) is 2.62. The zero-order chi connectivity index (χ0) is 10.1. The quantitative estimate of drug-likeness (QED) is 0.883. The van der Waals surface area contributed by atoms with Crippen molar-refractivity contribution in [2.75, 3.05) is 6.61 Å². The van der Waals surface area contributed by atoms with Gasteiger partial charge in [0.25, 0.3) is 0 Å². The van der Waals surface area contributed by atoms with Crippen molar-refractivity contribution in [3.8, 4) is 5.75 Å². The fourth-order valence-corrected chi connectivity index (χ4v) is 2.58. The molecule has 0 aliphatic heterocycles. The standard InChI is InChI=1S/C11H14BrNO/c1-2-14-7-5-9-8(10(12)6-7)3-4-11(9)13/h5-6,11H,2-4,13H2,1H3/t11-/m0/s1. The summed E-state index contributed by atoms with van der Waals surface area (Å²) in [5.74, 6) is 0.912. The highest BCUT2D eigenvalue weighted by atomic mass is 79.9. The smallest absolute Gasteiger partial charge is 0.120 e. The molecule has 3 heteroatoms. The molecular weight excluding hydrogens is 242 g/mol. The van der Waals surface area contributed by atoms with Crippen LogP contribution in [0.5, 0.6) is 5.75 Å². The minimum atomic E-state index is 0.182. The fourth-order valence-electron chi connectivity index (χ4n) is 1.93. The summed E-state index contributed by atoms with van der Waals surface area (Å²) in [5.41, 5.74) is 8.59. The van der Waals surface area contributed by atoms with Gasteiger partial charge in [0, 0.05) is 10.5 Å². The van der Waals surface area contributed by atoms with Crippen LogP contribution in [0.3, 0.4) is 0 Å². The largest absolute Gasteiger partial charge is 0.494 e. The third-order valence-corrected chi connectivity index (χ3v) is 3.33. The molecule has 1 aromatic carbocycles. The molecule has 14 heavy (non-hydrogen) atoms. The molecule has 1 aliphatic rings. The van der Waals surface area contributed by atoms with Crippen molar-refractivity contribution < 1.29 is 4.74 Å². The Morgan fingerprint density at radius 2 is 2.36 bits per heavy atom. The Balaban J connectivity index is 2.42. The Bertz CT molecular complexity index is 351. The van der Waals surface area contributed by atoms with Crippen molar-refractivity contribution in [1.29, 1.82) is 0 Å². The molecule has 2 nitrogen and oxygen atoms in total. The van der Waals surface area contributed by atoms with E-state index < -0.39 is 0 Å². The molecule has 1 atom stereocenters. The highest BCUT2D eigenvalue weighted by molar-refractivity contribution is 9.10. The van der Waals surface area contributed by atoms with E-state index >= 15 is 0 Å². The molecule has 1 aliphatic carbocycles. The molecule has 0 saturated carbocycles. The first-order valence-electron chi connectivity index (χ1n) is 4.93. The van der Waals surface area contributed by atoms with Crippen LogP contribution in [-0.2, 0) is 6.42 Å². The molecule has 0 aromatic heterocycles. The van der Waals surface area contributed by atoms with Gasteiger partial charge in [0.15, 0.2) is 0 Å². The number of ether oxygens (including phenoxy) is 1. The molecule has 1 aromatic rings. The van der Waals surface area contributed by atoms with Crippen molar-refractivity contribution in [1.82, 2.24) is 0 Å². The van der Waals surface area contributed by atoms with Crippen LogP contribution in [0, 0.1) is 0 Å². The minimum absolute atomic E-state index is 0.182. The van der Waals surface area contributed by atoms with Gasteiger partial charge in [-0.3, -0.25) is 0 Å². The first kappa shape index (κ1) is 9.99. The molecular formula is C11H14BrNO. The summed E-state index contributed by atoms with van der Waals surface area (Å²) in [6, 6.07) is 4.28. The number of fused-ring (bicyclic) bond motifs is 1. The van der Waals surface area contributed by atoms with Gasteiger partial charge in [0.05, 0.1) is 6.61 Å². The summed E-state index contributed by atoms with van der Waals surface area (Å²) < 4.78 is 6.61. The van der Waals surface area contributed by atoms with Crippen LogP contribution >= 0.6 is 15.9 Å². The second-order valence-electron chi connectivity index (χ2n) is 3.55. The molecule has 0 radical (unpaired) electrons. The molecule has 0 amide bonds. The minimum Gasteiger partial charge on any atom is -0.494 e. The number of nitrogens with two attached hydrogens (primary N) is 1. The van der Waals surface area contributed by atoms with Crippen LogP contribution in [0.25, 0.3) is 0 Å². The van der Waals surface area contributed by atoms with E-state index in [2.05, 4.69) is 22.0 Å². The zero-order valence-electron chi connectivity index (χ0n) is 8.22. The van der Waals surface area contributed by atoms with E-state index in [1.807, 2.05) is 13.0 Å². The van der Waals surface area contributed by atoms with Crippen molar-refractivity contribution in [2.24, 2.45) is 5.73 Å². The van der Waals surface area contributed by atoms with E-state index in [1.54, 1.807) is 0 Å². The van der Waals surface area contributed by atoms with Gasteiger partial charge in [-0.1, -0.05) is 15.9 Å². The molecule has 76 valence electrons. The van der Waals surface area contributed by atoms with Crippen LogP contribution in [0.1, 0.15) is 30.5 Å². The SMILES string of the molecule is CCOc1cc(Br)c2c(c1)[C@@H](N)CC2. The van der Waals surface area contributed by atoms with Gasteiger partial charge in [0.1, 0.15) is 5.75 Å². The highest BCUT2D eigenvalue weighted by Crippen LogP contribution is 2.37. The molecule has 0 bridgehead atoms. The van der Waals surface area contributed by atoms with Gasteiger partial charge in [-0.15, -0.1) is 0 Å². The molecule has 2 N–H and O–H groups in total. The van der Waals surface area contributed by atoms with Crippen LogP contribution in [0.2, 0.25) is 0 Å². The first-order valence-corrected chi connectivity index (χ1v) is 5.72. The summed E-state index contributed by atoms with van der Waals surface area (Å²) in [6.07, 6.45) is 2.12. The van der Waals surface area contributed by atoms with Crippen LogP contribution in [-0.4, -0.2) is 6.61 Å². The van der Waals surface area contributed by atoms with E-state index in [1.165, 1.54) is 11.1 Å². The van der Waals surface area contributed by atoms with Crippen LogP contribution in [0.4, 0.5) is 0 Å². The van der Waals surface area contributed by atoms with Crippen molar-refractivity contribution in [3.63, 3.8) is 0 Å². The third kappa shape index (κ3) is 1.66. The maximum Gasteiger partial charge on any atom is 0.120 e. The Labute approximate surface area is 92.6 Å². The Kier molecular flexibility index (Phi) is 2.79. The number of benzene rings is 1. The van der Waals surface area contributed by atoms with Crippen molar-refractivity contribution in [3.05, 3.63) is 27.7 Å². The van der Waals surface area contributed by atoms with Gasteiger partial charge in [0.2, 0.25) is 0 Å². The predicted octanol–water partition coefficient (Wildman–Crippen LogP) is 2.79. The van der Waals surface area contributed by atoms with E-state index in [4.69, 9.17) is 10.5 Å². The van der Waals surface area contributed by atoms with E-state index in [-0.39, 0.29) is 6.04 Å². The summed E-state index contributed by atoms with van der Waals surface area (Å²) in [7, 11) is 0.